The first-order valence-corrected chi connectivity index (χ1v) is 15.2. The second kappa shape index (κ2) is 19.2. The van der Waals surface area contributed by atoms with Gasteiger partial charge in [0.15, 0.2) is 12.6 Å². The van der Waals surface area contributed by atoms with Gasteiger partial charge in [-0.05, 0) is 64.5 Å². The molecular weight excluding hydrogens is 512 g/mol. The molecule has 0 aliphatic rings. The van der Waals surface area contributed by atoms with Crippen LogP contribution in [0.1, 0.15) is 151 Å². The second-order valence-electron chi connectivity index (χ2n) is 10.8. The summed E-state index contributed by atoms with van der Waals surface area (Å²) in [4.78, 5) is 24.5. The van der Waals surface area contributed by atoms with Gasteiger partial charge >= 0.3 is 11.9 Å². The molecule has 1 aromatic carbocycles. The van der Waals surface area contributed by atoms with Gasteiger partial charge < -0.3 is 29.2 Å². The first-order valence-electron chi connectivity index (χ1n) is 15.2. The molecule has 0 saturated carbocycles. The fourth-order valence-corrected chi connectivity index (χ4v) is 5.01. The molecule has 1 rings (SSSR count). The average Bonchev–Trinajstić information content (AvgIpc) is 2.92. The van der Waals surface area contributed by atoms with Gasteiger partial charge in [-0.15, -0.1) is 0 Å². The molecule has 0 aromatic heterocycles. The van der Waals surface area contributed by atoms with Crippen LogP contribution < -0.4 is 0 Å². The van der Waals surface area contributed by atoms with E-state index in [4.69, 9.17) is 18.9 Å². The van der Waals surface area contributed by atoms with Crippen molar-refractivity contribution in [3.05, 3.63) is 34.4 Å². The fourth-order valence-electron chi connectivity index (χ4n) is 5.01. The summed E-state index contributed by atoms with van der Waals surface area (Å²) in [5.74, 6) is -1.49. The zero-order chi connectivity index (χ0) is 30.2. The number of hydrogen-bond acceptors (Lipinski definition) is 6. The lowest BCUT2D eigenvalue weighted by Crippen LogP contribution is -2.25. The summed E-state index contributed by atoms with van der Waals surface area (Å²) in [6.07, 6.45) is 5.96. The zero-order valence-electron chi connectivity index (χ0n) is 26.0. The third-order valence-electron chi connectivity index (χ3n) is 7.57. The van der Waals surface area contributed by atoms with Crippen LogP contribution in [0.2, 0.25) is 0 Å². The lowest BCUT2D eigenvalue weighted by molar-refractivity contribution is -0.170. The third-order valence-corrected chi connectivity index (χ3v) is 7.57. The molecule has 1 aromatic rings. The van der Waals surface area contributed by atoms with E-state index in [2.05, 4.69) is 27.7 Å². The van der Waals surface area contributed by atoms with Crippen LogP contribution in [0.4, 0.5) is 0 Å². The number of hydrogen-bond donors (Lipinski definition) is 2. The molecule has 40 heavy (non-hydrogen) atoms. The largest absolute Gasteiger partial charge is 0.478 e. The van der Waals surface area contributed by atoms with Crippen molar-refractivity contribution in [2.45, 2.75) is 132 Å². The Morgan fingerprint density at radius 2 is 1.02 bits per heavy atom. The van der Waals surface area contributed by atoms with E-state index in [1.807, 2.05) is 0 Å². The summed E-state index contributed by atoms with van der Waals surface area (Å²) >= 11 is 0. The van der Waals surface area contributed by atoms with Crippen LogP contribution in [0.5, 0.6) is 0 Å². The van der Waals surface area contributed by atoms with Crippen molar-refractivity contribution in [3.63, 3.8) is 0 Å². The second-order valence-corrected chi connectivity index (χ2v) is 10.8. The monoisotopic (exact) mass is 566 g/mol. The topological polar surface area (TPSA) is 112 Å². The predicted octanol–water partition coefficient (Wildman–Crippen LogP) is 8.40. The summed E-state index contributed by atoms with van der Waals surface area (Å²) < 4.78 is 24.2. The molecule has 0 amide bonds. The molecule has 8 heteroatoms. The predicted molar refractivity (Wildman–Crippen MR) is 157 cm³/mol. The average molecular weight is 567 g/mol. The van der Waals surface area contributed by atoms with Gasteiger partial charge in [-0.2, -0.15) is 0 Å². The van der Waals surface area contributed by atoms with Crippen molar-refractivity contribution in [2.75, 3.05) is 13.2 Å². The Labute approximate surface area is 241 Å². The summed E-state index contributed by atoms with van der Waals surface area (Å²) in [6, 6.07) is 2.64. The van der Waals surface area contributed by atoms with E-state index >= 15 is 0 Å². The van der Waals surface area contributed by atoms with Gasteiger partial charge in [-0.1, -0.05) is 66.2 Å². The van der Waals surface area contributed by atoms with Gasteiger partial charge in [0.2, 0.25) is 0 Å². The SMILES string of the molecule is CCCCC(CC)COC(C)OC(C)c1c(C(=O)O)ccc(C(=O)O)c1C(C)OC(C)OCC(CC)CCCC. The first kappa shape index (κ1) is 36.0. The number of rotatable bonds is 22. The van der Waals surface area contributed by atoms with Crippen LogP contribution in [0.15, 0.2) is 12.1 Å². The molecular formula is C32H54O8. The Kier molecular flexibility index (Phi) is 17.3. The number of aromatic carboxylic acids is 2. The van der Waals surface area contributed by atoms with Crippen molar-refractivity contribution in [2.24, 2.45) is 11.8 Å². The van der Waals surface area contributed by atoms with Crippen LogP contribution >= 0.6 is 0 Å². The smallest absolute Gasteiger partial charge is 0.336 e. The quantitative estimate of drug-likeness (QED) is 0.135. The van der Waals surface area contributed by atoms with Crippen LogP contribution in [0.25, 0.3) is 0 Å². The highest BCUT2D eigenvalue weighted by atomic mass is 16.7. The highest BCUT2D eigenvalue weighted by Gasteiger charge is 2.30. The maximum atomic E-state index is 12.2. The van der Waals surface area contributed by atoms with Crippen LogP contribution in [0, 0.1) is 11.8 Å². The molecule has 0 heterocycles. The van der Waals surface area contributed by atoms with Gasteiger partial charge in [0.05, 0.1) is 36.5 Å². The molecule has 0 fully saturated rings. The Morgan fingerprint density at radius 1 is 0.675 bits per heavy atom. The van der Waals surface area contributed by atoms with E-state index in [0.717, 1.165) is 51.4 Å². The number of carboxylic acid groups (broad SMARTS) is 2. The minimum absolute atomic E-state index is 0.0243. The summed E-state index contributed by atoms with van der Waals surface area (Å²) in [5.41, 5.74) is 0.498. The van der Waals surface area contributed by atoms with Gasteiger partial charge in [0.1, 0.15) is 0 Å². The zero-order valence-corrected chi connectivity index (χ0v) is 26.0. The Hall–Kier alpha value is -2.00. The molecule has 6 atom stereocenters. The lowest BCUT2D eigenvalue weighted by Gasteiger charge is -2.29. The van der Waals surface area contributed by atoms with E-state index in [0.29, 0.717) is 25.0 Å². The van der Waals surface area contributed by atoms with Crippen LogP contribution in [-0.4, -0.2) is 47.9 Å². The van der Waals surface area contributed by atoms with Crippen molar-refractivity contribution in [1.29, 1.82) is 0 Å². The van der Waals surface area contributed by atoms with E-state index in [-0.39, 0.29) is 22.3 Å². The molecule has 6 unspecified atom stereocenters. The van der Waals surface area contributed by atoms with Gasteiger partial charge in [0, 0.05) is 11.1 Å². The van der Waals surface area contributed by atoms with Crippen molar-refractivity contribution >= 4 is 11.9 Å². The molecule has 8 nitrogen and oxygen atoms in total. The number of carbonyl (C=O) groups is 2. The van der Waals surface area contributed by atoms with E-state index in [1.54, 1.807) is 27.7 Å². The van der Waals surface area contributed by atoms with Crippen LogP contribution in [-0.2, 0) is 18.9 Å². The lowest BCUT2D eigenvalue weighted by atomic mass is 9.89. The van der Waals surface area contributed by atoms with Crippen molar-refractivity contribution < 1.29 is 38.7 Å². The van der Waals surface area contributed by atoms with Crippen LogP contribution in [0.3, 0.4) is 0 Å². The Bertz CT molecular complexity index is 815. The normalized spacial score (nSPS) is 16.2. The number of benzene rings is 1. The molecule has 0 radical (unpaired) electrons. The number of ether oxygens (including phenoxy) is 4. The number of unbranched alkanes of at least 4 members (excludes halogenated alkanes) is 2. The summed E-state index contributed by atoms with van der Waals surface area (Å²) in [7, 11) is 0. The molecule has 0 spiro atoms. The third kappa shape index (κ3) is 11.9. The molecule has 2 N–H and O–H groups in total. The standard InChI is InChI=1S/C32H54O8/c1-9-13-15-25(11-3)19-37-23(7)39-21(5)29-27(31(33)34)17-18-28(32(35)36)30(29)22(6)40-24(8)38-20-26(12-4)16-14-10-2/h17-18,21-26H,9-16,19-20H2,1-8H3,(H,33,34)(H,35,36). The highest BCUT2D eigenvalue weighted by molar-refractivity contribution is 5.95. The first-order chi connectivity index (χ1) is 19.0. The van der Waals surface area contributed by atoms with Gasteiger partial charge in [-0.3, -0.25) is 0 Å². The summed E-state index contributed by atoms with van der Waals surface area (Å²) in [5, 5.41) is 20.0. The van der Waals surface area contributed by atoms with Gasteiger partial charge in [-0.25, -0.2) is 9.59 Å². The van der Waals surface area contributed by atoms with Crippen molar-refractivity contribution in [3.8, 4) is 0 Å². The molecule has 0 aliphatic carbocycles. The Balaban J connectivity index is 3.19. The Morgan fingerprint density at radius 3 is 1.30 bits per heavy atom. The molecule has 0 bridgehead atoms. The minimum Gasteiger partial charge on any atom is -0.478 e. The van der Waals surface area contributed by atoms with E-state index < -0.39 is 36.7 Å². The highest BCUT2D eigenvalue weighted by Crippen LogP contribution is 2.36. The fraction of sp³-hybridized carbons (Fsp3) is 0.750. The maximum absolute atomic E-state index is 12.2. The maximum Gasteiger partial charge on any atom is 0.336 e. The molecule has 230 valence electrons. The number of carboxylic acids is 2. The molecule has 0 aliphatic heterocycles. The van der Waals surface area contributed by atoms with E-state index in [1.165, 1.54) is 12.1 Å². The van der Waals surface area contributed by atoms with Gasteiger partial charge in [0.25, 0.3) is 0 Å². The van der Waals surface area contributed by atoms with E-state index in [9.17, 15) is 19.8 Å². The molecule has 0 saturated heterocycles. The van der Waals surface area contributed by atoms with Crippen molar-refractivity contribution in [1.82, 2.24) is 0 Å². The summed E-state index contributed by atoms with van der Waals surface area (Å²) in [6.45, 7) is 16.7. The minimum atomic E-state index is -1.17.